The van der Waals surface area contributed by atoms with Gasteiger partial charge in [0.15, 0.2) is 0 Å². The Morgan fingerprint density at radius 2 is 1.93 bits per heavy atom. The number of ether oxygens (including phenoxy) is 2. The van der Waals surface area contributed by atoms with E-state index in [2.05, 4.69) is 17.0 Å². The second-order valence-electron chi connectivity index (χ2n) is 7.71. The van der Waals surface area contributed by atoms with E-state index in [-0.39, 0.29) is 0 Å². The Hall–Kier alpha value is -2.50. The topological polar surface area (TPSA) is 47.7 Å². The molecule has 1 aromatic heterocycles. The molecule has 1 atom stereocenters. The molecule has 30 heavy (non-hydrogen) atoms. The third kappa shape index (κ3) is 4.47. The van der Waals surface area contributed by atoms with Gasteiger partial charge >= 0.3 is 0 Å². The maximum Gasteiger partial charge on any atom is 0.230 e. The highest BCUT2D eigenvalue weighted by Crippen LogP contribution is 2.34. The second kappa shape index (κ2) is 9.11. The molecule has 158 valence electrons. The first kappa shape index (κ1) is 20.8. The van der Waals surface area contributed by atoms with Crippen molar-refractivity contribution in [2.24, 2.45) is 0 Å². The molecule has 0 saturated carbocycles. The third-order valence-electron chi connectivity index (χ3n) is 5.75. The molecule has 3 aromatic rings. The predicted molar refractivity (Wildman–Crippen MR) is 118 cm³/mol. The number of halogens is 1. The van der Waals surface area contributed by atoms with E-state index in [1.807, 2.05) is 37.3 Å². The average Bonchev–Trinajstić information content (AvgIpc) is 3.13. The minimum atomic E-state index is 0.518. The first-order chi connectivity index (χ1) is 14.6. The number of piperidine rings is 1. The summed E-state index contributed by atoms with van der Waals surface area (Å²) < 4.78 is 16.8. The summed E-state index contributed by atoms with van der Waals surface area (Å²) in [4.78, 5) is 7.26. The molecule has 2 aromatic carbocycles. The van der Waals surface area contributed by atoms with Gasteiger partial charge in [-0.15, -0.1) is 0 Å². The Bertz CT molecular complexity index is 1000. The van der Waals surface area contributed by atoms with Crippen LogP contribution in [0.25, 0.3) is 11.5 Å². The standard InChI is InChI=1S/C24H27ClN2O3/c1-16-22(26-24(30-16)21-11-10-20(28-2)13-23(21)29-3)15-27-12-4-5-18(14-27)17-6-8-19(25)9-7-17/h6-11,13,18H,4-5,12,14-15H2,1-3H3. The molecule has 1 saturated heterocycles. The van der Waals surface area contributed by atoms with Crippen molar-refractivity contribution in [3.8, 4) is 23.0 Å². The zero-order chi connectivity index (χ0) is 21.1. The quantitative estimate of drug-likeness (QED) is 0.506. The molecule has 4 rings (SSSR count). The zero-order valence-electron chi connectivity index (χ0n) is 17.7. The number of rotatable bonds is 6. The fourth-order valence-electron chi connectivity index (χ4n) is 4.08. The van der Waals surface area contributed by atoms with Crippen LogP contribution in [-0.4, -0.2) is 37.2 Å². The van der Waals surface area contributed by atoms with Gasteiger partial charge in [0.2, 0.25) is 5.89 Å². The molecular formula is C24H27ClN2O3. The van der Waals surface area contributed by atoms with E-state index in [4.69, 9.17) is 30.5 Å². The van der Waals surface area contributed by atoms with Crippen molar-refractivity contribution >= 4 is 11.6 Å². The van der Waals surface area contributed by atoms with Gasteiger partial charge in [0.05, 0.1) is 25.5 Å². The number of methoxy groups -OCH3 is 2. The highest BCUT2D eigenvalue weighted by atomic mass is 35.5. The Labute approximate surface area is 182 Å². The molecule has 0 amide bonds. The van der Waals surface area contributed by atoms with Gasteiger partial charge in [-0.2, -0.15) is 0 Å². The minimum absolute atomic E-state index is 0.518. The number of aromatic nitrogens is 1. The summed E-state index contributed by atoms with van der Waals surface area (Å²) in [6.07, 6.45) is 2.37. The van der Waals surface area contributed by atoms with Crippen molar-refractivity contribution in [1.29, 1.82) is 0 Å². The molecule has 0 N–H and O–H groups in total. The normalized spacial score (nSPS) is 17.1. The van der Waals surface area contributed by atoms with Crippen molar-refractivity contribution in [1.82, 2.24) is 9.88 Å². The van der Waals surface area contributed by atoms with Gasteiger partial charge in [0.1, 0.15) is 17.3 Å². The van der Waals surface area contributed by atoms with Crippen molar-refractivity contribution < 1.29 is 13.9 Å². The lowest BCUT2D eigenvalue weighted by Crippen LogP contribution is -2.34. The van der Waals surface area contributed by atoms with E-state index in [9.17, 15) is 0 Å². The highest BCUT2D eigenvalue weighted by Gasteiger charge is 2.24. The summed E-state index contributed by atoms with van der Waals surface area (Å²) in [5.41, 5.74) is 3.15. The molecular weight excluding hydrogens is 400 g/mol. The smallest absolute Gasteiger partial charge is 0.230 e. The van der Waals surface area contributed by atoms with Gasteiger partial charge in [-0.25, -0.2) is 4.98 Å². The largest absolute Gasteiger partial charge is 0.497 e. The number of hydrogen-bond acceptors (Lipinski definition) is 5. The average molecular weight is 427 g/mol. The fourth-order valence-corrected chi connectivity index (χ4v) is 4.21. The van der Waals surface area contributed by atoms with Crippen LogP contribution in [-0.2, 0) is 6.54 Å². The zero-order valence-corrected chi connectivity index (χ0v) is 18.4. The highest BCUT2D eigenvalue weighted by molar-refractivity contribution is 6.30. The number of nitrogens with zero attached hydrogens (tertiary/aromatic N) is 2. The molecule has 1 aliphatic rings. The Morgan fingerprint density at radius 3 is 2.67 bits per heavy atom. The number of benzene rings is 2. The van der Waals surface area contributed by atoms with Crippen LogP contribution in [0.1, 0.15) is 35.8 Å². The number of oxazole rings is 1. The van der Waals surface area contributed by atoms with Gasteiger partial charge in [-0.1, -0.05) is 23.7 Å². The number of aryl methyl sites for hydroxylation is 1. The molecule has 0 bridgehead atoms. The van der Waals surface area contributed by atoms with Gasteiger partial charge < -0.3 is 13.9 Å². The van der Waals surface area contributed by atoms with Gasteiger partial charge in [0, 0.05) is 24.2 Å². The lowest BCUT2D eigenvalue weighted by Gasteiger charge is -2.32. The van der Waals surface area contributed by atoms with Crippen molar-refractivity contribution in [2.75, 3.05) is 27.3 Å². The van der Waals surface area contributed by atoms with Crippen LogP contribution in [0.15, 0.2) is 46.9 Å². The Morgan fingerprint density at radius 1 is 1.13 bits per heavy atom. The molecule has 0 aliphatic carbocycles. The van der Waals surface area contributed by atoms with Crippen molar-refractivity contribution in [3.05, 3.63) is 64.5 Å². The van der Waals surface area contributed by atoms with E-state index < -0.39 is 0 Å². The summed E-state index contributed by atoms with van der Waals surface area (Å²) in [6, 6.07) is 13.9. The van der Waals surface area contributed by atoms with Gasteiger partial charge in [-0.05, 0) is 62.1 Å². The molecule has 1 aliphatic heterocycles. The van der Waals surface area contributed by atoms with Crippen LogP contribution in [0.3, 0.4) is 0 Å². The monoisotopic (exact) mass is 426 g/mol. The lowest BCUT2D eigenvalue weighted by atomic mass is 9.90. The van der Waals surface area contributed by atoms with Crippen LogP contribution in [0.4, 0.5) is 0 Å². The molecule has 0 radical (unpaired) electrons. The van der Waals surface area contributed by atoms with Crippen LogP contribution in [0.2, 0.25) is 5.02 Å². The van der Waals surface area contributed by atoms with E-state index in [1.165, 1.54) is 18.4 Å². The summed E-state index contributed by atoms with van der Waals surface area (Å²) in [6.45, 7) is 4.83. The Balaban J connectivity index is 1.50. The van der Waals surface area contributed by atoms with Crippen molar-refractivity contribution in [3.63, 3.8) is 0 Å². The number of likely N-dealkylation sites (tertiary alicyclic amines) is 1. The summed E-state index contributed by atoms with van der Waals surface area (Å²) in [5, 5.41) is 0.783. The molecule has 6 heteroatoms. The van der Waals surface area contributed by atoms with E-state index in [0.717, 1.165) is 47.4 Å². The van der Waals surface area contributed by atoms with Crippen LogP contribution >= 0.6 is 11.6 Å². The maximum absolute atomic E-state index is 6.05. The molecule has 1 unspecified atom stereocenters. The molecule has 0 spiro atoms. The first-order valence-corrected chi connectivity index (χ1v) is 10.6. The van der Waals surface area contributed by atoms with Gasteiger partial charge in [0.25, 0.3) is 0 Å². The second-order valence-corrected chi connectivity index (χ2v) is 8.15. The van der Waals surface area contributed by atoms with Crippen LogP contribution in [0.5, 0.6) is 11.5 Å². The van der Waals surface area contributed by atoms with Crippen LogP contribution in [0, 0.1) is 6.92 Å². The lowest BCUT2D eigenvalue weighted by molar-refractivity contribution is 0.197. The summed E-state index contributed by atoms with van der Waals surface area (Å²) in [7, 11) is 3.28. The van der Waals surface area contributed by atoms with Crippen molar-refractivity contribution in [2.45, 2.75) is 32.2 Å². The SMILES string of the molecule is COc1ccc(-c2nc(CN3CCCC(c4ccc(Cl)cc4)C3)c(C)o2)c(OC)c1. The van der Waals surface area contributed by atoms with Gasteiger partial charge in [-0.3, -0.25) is 4.90 Å². The summed E-state index contributed by atoms with van der Waals surface area (Å²) >= 11 is 6.05. The summed E-state index contributed by atoms with van der Waals surface area (Å²) in [5.74, 6) is 3.36. The molecule has 5 nitrogen and oxygen atoms in total. The Kier molecular flexibility index (Phi) is 6.30. The predicted octanol–water partition coefficient (Wildman–Crippen LogP) is 5.70. The maximum atomic E-state index is 6.05. The molecule has 1 fully saturated rings. The first-order valence-electron chi connectivity index (χ1n) is 10.2. The van der Waals surface area contributed by atoms with E-state index in [1.54, 1.807) is 14.2 Å². The van der Waals surface area contributed by atoms with E-state index in [0.29, 0.717) is 17.6 Å². The van der Waals surface area contributed by atoms with E-state index >= 15 is 0 Å². The molecule has 2 heterocycles. The third-order valence-corrected chi connectivity index (χ3v) is 6.00. The number of hydrogen-bond donors (Lipinski definition) is 0. The fraction of sp³-hybridized carbons (Fsp3) is 0.375. The van der Waals surface area contributed by atoms with Crippen LogP contribution < -0.4 is 9.47 Å². The minimum Gasteiger partial charge on any atom is -0.497 e.